The summed E-state index contributed by atoms with van der Waals surface area (Å²) in [6.45, 7) is 3.24. The highest BCUT2D eigenvalue weighted by Crippen LogP contribution is 2.17. The van der Waals surface area contributed by atoms with Crippen LogP contribution < -0.4 is 10.1 Å². The number of hydrogen-bond donors (Lipinski definition) is 1. The monoisotopic (exact) mass is 229 g/mol. The fourth-order valence-electron chi connectivity index (χ4n) is 1.20. The number of carbonyl (C=O) groups is 1. The average molecular weight is 229 g/mol. The maximum absolute atomic E-state index is 13.1. The first-order chi connectivity index (χ1) is 7.49. The fraction of sp³-hybridized carbons (Fsp3) is 0.364. The van der Waals surface area contributed by atoms with Gasteiger partial charge in [0, 0.05) is 13.0 Å². The summed E-state index contributed by atoms with van der Waals surface area (Å²) in [5.41, 5.74) is 0. The number of benzene rings is 1. The molecule has 0 aliphatic rings. The Bertz CT molecular complexity index is 382. The van der Waals surface area contributed by atoms with Crippen LogP contribution in [0.2, 0.25) is 0 Å². The molecule has 16 heavy (non-hydrogen) atoms. The molecule has 1 N–H and O–H groups in total. The van der Waals surface area contributed by atoms with Gasteiger partial charge in [0.1, 0.15) is 12.4 Å². The molecule has 1 aromatic rings. The minimum absolute atomic E-state index is 0.0291. The van der Waals surface area contributed by atoms with Crippen LogP contribution in [0.25, 0.3) is 0 Å². The lowest BCUT2D eigenvalue weighted by Crippen LogP contribution is -2.35. The van der Waals surface area contributed by atoms with Crippen LogP contribution in [0, 0.1) is 11.6 Å². The van der Waals surface area contributed by atoms with Gasteiger partial charge in [0.15, 0.2) is 11.6 Å². The number of hydrogen-bond acceptors (Lipinski definition) is 2. The summed E-state index contributed by atoms with van der Waals surface area (Å²) in [7, 11) is 0. The molecule has 5 heteroatoms. The van der Waals surface area contributed by atoms with E-state index in [2.05, 4.69) is 5.32 Å². The normalized spacial score (nSPS) is 12.0. The summed E-state index contributed by atoms with van der Waals surface area (Å²) in [4.78, 5) is 10.7. The Morgan fingerprint density at radius 1 is 1.50 bits per heavy atom. The van der Waals surface area contributed by atoms with Gasteiger partial charge < -0.3 is 10.1 Å². The highest BCUT2D eigenvalue weighted by Gasteiger charge is 2.08. The summed E-state index contributed by atoms with van der Waals surface area (Å²) in [6, 6.07) is 2.84. The smallest absolute Gasteiger partial charge is 0.217 e. The van der Waals surface area contributed by atoms with Crippen LogP contribution in [-0.2, 0) is 4.79 Å². The Balaban J connectivity index is 2.51. The average Bonchev–Trinajstić information content (AvgIpc) is 2.15. The summed E-state index contributed by atoms with van der Waals surface area (Å²) < 4.78 is 30.8. The minimum Gasteiger partial charge on any atom is -0.488 e. The highest BCUT2D eigenvalue weighted by molar-refractivity contribution is 5.73. The van der Waals surface area contributed by atoms with Crippen LogP contribution in [0.3, 0.4) is 0 Å². The zero-order valence-corrected chi connectivity index (χ0v) is 9.09. The Kier molecular flexibility index (Phi) is 4.22. The minimum atomic E-state index is -0.755. The van der Waals surface area contributed by atoms with Crippen LogP contribution in [0.4, 0.5) is 8.78 Å². The molecule has 0 saturated heterocycles. The van der Waals surface area contributed by atoms with Crippen LogP contribution in [0.1, 0.15) is 13.8 Å². The molecule has 0 aromatic heterocycles. The van der Waals surface area contributed by atoms with Gasteiger partial charge in [-0.1, -0.05) is 0 Å². The van der Waals surface area contributed by atoms with Crippen molar-refractivity contribution >= 4 is 5.91 Å². The molecule has 0 aliphatic carbocycles. The van der Waals surface area contributed by atoms with Crippen LogP contribution >= 0.6 is 0 Å². The summed E-state index contributed by atoms with van der Waals surface area (Å²) in [5, 5.41) is 2.58. The van der Waals surface area contributed by atoms with Gasteiger partial charge in [-0.15, -0.1) is 0 Å². The molecule has 0 aliphatic heterocycles. The first-order valence-corrected chi connectivity index (χ1v) is 4.84. The molecule has 1 unspecified atom stereocenters. The molecule has 1 amide bonds. The Labute approximate surface area is 92.4 Å². The largest absolute Gasteiger partial charge is 0.488 e. The molecular weight excluding hydrogens is 216 g/mol. The van der Waals surface area contributed by atoms with Crippen molar-refractivity contribution in [2.75, 3.05) is 6.61 Å². The first-order valence-electron chi connectivity index (χ1n) is 4.84. The summed E-state index contributed by atoms with van der Waals surface area (Å²) in [6.07, 6.45) is 0. The second-order valence-corrected chi connectivity index (χ2v) is 3.49. The zero-order valence-electron chi connectivity index (χ0n) is 9.09. The van der Waals surface area contributed by atoms with E-state index in [0.717, 1.165) is 12.1 Å². The third-order valence-electron chi connectivity index (χ3n) is 1.83. The van der Waals surface area contributed by atoms with Crippen molar-refractivity contribution < 1.29 is 18.3 Å². The van der Waals surface area contributed by atoms with Crippen molar-refractivity contribution in [3.8, 4) is 5.75 Å². The van der Waals surface area contributed by atoms with Crippen molar-refractivity contribution in [2.45, 2.75) is 19.9 Å². The number of rotatable bonds is 4. The number of halogens is 2. The van der Waals surface area contributed by atoms with E-state index in [4.69, 9.17) is 4.74 Å². The number of ether oxygens (including phenoxy) is 1. The van der Waals surface area contributed by atoms with Gasteiger partial charge in [0.25, 0.3) is 0 Å². The van der Waals surface area contributed by atoms with Gasteiger partial charge in [-0.3, -0.25) is 4.79 Å². The third-order valence-corrected chi connectivity index (χ3v) is 1.83. The molecule has 0 spiro atoms. The van der Waals surface area contributed by atoms with E-state index in [1.807, 2.05) is 0 Å². The van der Waals surface area contributed by atoms with Crippen LogP contribution in [0.5, 0.6) is 5.75 Å². The molecule has 1 rings (SSSR count). The molecule has 1 atom stereocenters. The second-order valence-electron chi connectivity index (χ2n) is 3.49. The molecular formula is C11H13F2NO2. The SMILES string of the molecule is CC(=O)NC(C)COc1ccc(F)cc1F. The predicted octanol–water partition coefficient (Wildman–Crippen LogP) is 1.87. The molecule has 0 radical (unpaired) electrons. The molecule has 1 aromatic carbocycles. The molecule has 0 fully saturated rings. The van der Waals surface area contributed by atoms with Gasteiger partial charge in [0.05, 0.1) is 6.04 Å². The maximum atomic E-state index is 13.1. The Hall–Kier alpha value is -1.65. The molecule has 0 heterocycles. The van der Waals surface area contributed by atoms with Crippen molar-refractivity contribution in [1.82, 2.24) is 5.32 Å². The fourth-order valence-corrected chi connectivity index (χ4v) is 1.20. The topological polar surface area (TPSA) is 38.3 Å². The van der Waals surface area contributed by atoms with Crippen molar-refractivity contribution in [3.05, 3.63) is 29.8 Å². The van der Waals surface area contributed by atoms with Crippen molar-refractivity contribution in [2.24, 2.45) is 0 Å². The zero-order chi connectivity index (χ0) is 12.1. The molecule has 0 bridgehead atoms. The quantitative estimate of drug-likeness (QED) is 0.855. The van der Waals surface area contributed by atoms with E-state index in [0.29, 0.717) is 0 Å². The van der Waals surface area contributed by atoms with E-state index in [9.17, 15) is 13.6 Å². The standard InChI is InChI=1S/C11H13F2NO2/c1-7(14-8(2)15)6-16-11-4-3-9(12)5-10(11)13/h3-5,7H,6H2,1-2H3,(H,14,15). The van der Waals surface area contributed by atoms with Crippen molar-refractivity contribution in [1.29, 1.82) is 0 Å². The first kappa shape index (κ1) is 12.4. The Morgan fingerprint density at radius 3 is 2.75 bits per heavy atom. The van der Waals surface area contributed by atoms with E-state index in [1.165, 1.54) is 13.0 Å². The third kappa shape index (κ3) is 3.84. The predicted molar refractivity (Wildman–Crippen MR) is 55.1 cm³/mol. The maximum Gasteiger partial charge on any atom is 0.217 e. The van der Waals surface area contributed by atoms with E-state index >= 15 is 0 Å². The molecule has 0 saturated carbocycles. The van der Waals surface area contributed by atoms with Crippen LogP contribution in [-0.4, -0.2) is 18.6 Å². The van der Waals surface area contributed by atoms with E-state index < -0.39 is 11.6 Å². The summed E-state index contributed by atoms with van der Waals surface area (Å²) in [5.74, 6) is -1.62. The summed E-state index contributed by atoms with van der Waals surface area (Å²) >= 11 is 0. The van der Waals surface area contributed by atoms with Crippen LogP contribution in [0.15, 0.2) is 18.2 Å². The lowest BCUT2D eigenvalue weighted by Gasteiger charge is -2.14. The van der Waals surface area contributed by atoms with Crippen molar-refractivity contribution in [3.63, 3.8) is 0 Å². The van der Waals surface area contributed by atoms with E-state index in [-0.39, 0.29) is 24.3 Å². The lowest BCUT2D eigenvalue weighted by molar-refractivity contribution is -0.119. The number of carbonyl (C=O) groups excluding carboxylic acids is 1. The van der Waals surface area contributed by atoms with E-state index in [1.54, 1.807) is 6.92 Å². The van der Waals surface area contributed by atoms with Gasteiger partial charge in [0.2, 0.25) is 5.91 Å². The number of nitrogens with one attached hydrogen (secondary N) is 1. The van der Waals surface area contributed by atoms with Gasteiger partial charge in [-0.2, -0.15) is 0 Å². The van der Waals surface area contributed by atoms with Gasteiger partial charge in [-0.05, 0) is 19.1 Å². The molecule has 3 nitrogen and oxygen atoms in total. The Morgan fingerprint density at radius 2 is 2.19 bits per heavy atom. The molecule has 88 valence electrons. The second kappa shape index (κ2) is 5.44. The lowest BCUT2D eigenvalue weighted by atomic mass is 10.3. The number of amides is 1. The van der Waals surface area contributed by atoms with Gasteiger partial charge >= 0.3 is 0 Å². The van der Waals surface area contributed by atoms with Gasteiger partial charge in [-0.25, -0.2) is 8.78 Å². The highest BCUT2D eigenvalue weighted by atomic mass is 19.1.